The minimum atomic E-state index is 0.651. The zero-order valence-corrected chi connectivity index (χ0v) is 14.1. The quantitative estimate of drug-likeness (QED) is 0.752. The molecule has 3 nitrogen and oxygen atoms in total. The highest BCUT2D eigenvalue weighted by atomic mass is 15.0. The molecule has 0 amide bonds. The van der Waals surface area contributed by atoms with Gasteiger partial charge in [0.1, 0.15) is 0 Å². The van der Waals surface area contributed by atoms with Gasteiger partial charge < -0.3 is 5.32 Å². The van der Waals surface area contributed by atoms with Gasteiger partial charge in [-0.25, -0.2) is 4.98 Å². The SMILES string of the molecule is CC1=NCC(c2cc(-c3ccccc3)cc(-c3ccccc3)n2)=CN1. The van der Waals surface area contributed by atoms with E-state index < -0.39 is 0 Å². The first-order valence-electron chi connectivity index (χ1n) is 8.39. The van der Waals surface area contributed by atoms with Crippen molar-refractivity contribution >= 4 is 11.4 Å². The monoisotopic (exact) mass is 325 g/mol. The number of hydrogen-bond donors (Lipinski definition) is 1. The Hall–Kier alpha value is -3.20. The van der Waals surface area contributed by atoms with Gasteiger partial charge in [0, 0.05) is 17.3 Å². The van der Waals surface area contributed by atoms with Crippen molar-refractivity contribution in [1.29, 1.82) is 0 Å². The van der Waals surface area contributed by atoms with Gasteiger partial charge in [0.05, 0.1) is 23.8 Å². The molecule has 0 radical (unpaired) electrons. The van der Waals surface area contributed by atoms with Crippen molar-refractivity contribution in [3.63, 3.8) is 0 Å². The third-order valence-electron chi connectivity index (χ3n) is 4.27. The Morgan fingerprint density at radius 1 is 0.760 bits per heavy atom. The molecule has 0 atom stereocenters. The number of amidine groups is 1. The molecule has 2 aromatic carbocycles. The van der Waals surface area contributed by atoms with Gasteiger partial charge in [0.25, 0.3) is 0 Å². The molecule has 1 N–H and O–H groups in total. The van der Waals surface area contributed by atoms with Crippen LogP contribution in [0.1, 0.15) is 12.6 Å². The van der Waals surface area contributed by atoms with Crippen molar-refractivity contribution in [1.82, 2.24) is 10.3 Å². The Bertz CT molecular complexity index is 884. The molecular formula is C22H19N3. The molecule has 1 aromatic heterocycles. The molecule has 3 aromatic rings. The van der Waals surface area contributed by atoms with Crippen LogP contribution in [0.25, 0.3) is 28.0 Å². The summed E-state index contributed by atoms with van der Waals surface area (Å²) in [6, 6.07) is 25.0. The predicted octanol–water partition coefficient (Wildman–Crippen LogP) is 4.78. The van der Waals surface area contributed by atoms with E-state index in [1.54, 1.807) is 0 Å². The van der Waals surface area contributed by atoms with Crippen LogP contribution in [-0.4, -0.2) is 17.4 Å². The van der Waals surface area contributed by atoms with E-state index in [1.807, 2.05) is 37.4 Å². The number of rotatable bonds is 3. The van der Waals surface area contributed by atoms with E-state index >= 15 is 0 Å². The Balaban J connectivity index is 1.84. The molecule has 0 spiro atoms. The topological polar surface area (TPSA) is 37.3 Å². The Kier molecular flexibility index (Phi) is 4.13. The minimum Gasteiger partial charge on any atom is -0.350 e. The molecule has 3 heteroatoms. The third kappa shape index (κ3) is 3.36. The first kappa shape index (κ1) is 15.3. The van der Waals surface area contributed by atoms with Crippen molar-refractivity contribution < 1.29 is 0 Å². The summed E-state index contributed by atoms with van der Waals surface area (Å²) in [6.45, 7) is 2.62. The predicted molar refractivity (Wildman–Crippen MR) is 104 cm³/mol. The minimum absolute atomic E-state index is 0.651. The van der Waals surface area contributed by atoms with Gasteiger partial charge in [-0.1, -0.05) is 60.7 Å². The van der Waals surface area contributed by atoms with Gasteiger partial charge >= 0.3 is 0 Å². The fourth-order valence-corrected chi connectivity index (χ4v) is 2.89. The lowest BCUT2D eigenvalue weighted by atomic mass is 10.00. The molecule has 0 saturated heterocycles. The van der Waals surface area contributed by atoms with Crippen LogP contribution >= 0.6 is 0 Å². The second kappa shape index (κ2) is 6.73. The molecule has 0 saturated carbocycles. The molecule has 1 aliphatic heterocycles. The number of hydrogen-bond acceptors (Lipinski definition) is 3. The van der Waals surface area contributed by atoms with Gasteiger partial charge in [0.15, 0.2) is 0 Å². The maximum atomic E-state index is 4.90. The molecule has 0 aliphatic carbocycles. The summed E-state index contributed by atoms with van der Waals surface area (Å²) >= 11 is 0. The average Bonchev–Trinajstić information content (AvgIpc) is 2.69. The van der Waals surface area contributed by atoms with Gasteiger partial charge in [0.2, 0.25) is 0 Å². The van der Waals surface area contributed by atoms with Crippen LogP contribution in [0.4, 0.5) is 0 Å². The van der Waals surface area contributed by atoms with Gasteiger partial charge in [-0.2, -0.15) is 0 Å². The lowest BCUT2D eigenvalue weighted by Gasteiger charge is -2.15. The fraction of sp³-hybridized carbons (Fsp3) is 0.0909. The number of pyridine rings is 1. The summed E-state index contributed by atoms with van der Waals surface area (Å²) < 4.78 is 0. The Morgan fingerprint density at radius 3 is 2.04 bits per heavy atom. The highest BCUT2D eigenvalue weighted by Crippen LogP contribution is 2.28. The molecule has 1 aliphatic rings. The molecule has 4 rings (SSSR count). The highest BCUT2D eigenvalue weighted by Gasteiger charge is 2.12. The van der Waals surface area contributed by atoms with E-state index in [4.69, 9.17) is 4.98 Å². The molecule has 25 heavy (non-hydrogen) atoms. The second-order valence-electron chi connectivity index (χ2n) is 6.07. The molecule has 0 bridgehead atoms. The summed E-state index contributed by atoms with van der Waals surface area (Å²) in [6.07, 6.45) is 2.01. The Morgan fingerprint density at radius 2 is 1.40 bits per heavy atom. The van der Waals surface area contributed by atoms with Gasteiger partial charge in [-0.15, -0.1) is 0 Å². The standard InChI is InChI=1S/C22H19N3/c1-16-23-14-20(15-24-16)22-13-19(17-8-4-2-5-9-17)12-21(25-22)18-10-6-3-7-11-18/h2-14H,15H2,1H3,(H,23,24). The number of aliphatic imine (C=N–C) groups is 1. The molecule has 0 unspecified atom stereocenters. The summed E-state index contributed by atoms with van der Waals surface area (Å²) in [5.74, 6) is 0.936. The number of nitrogens with zero attached hydrogens (tertiary/aromatic N) is 2. The van der Waals surface area contributed by atoms with Crippen molar-refractivity contribution in [2.75, 3.05) is 6.54 Å². The summed E-state index contributed by atoms with van der Waals surface area (Å²) in [5, 5.41) is 3.20. The number of benzene rings is 2. The van der Waals surface area contributed by atoms with Gasteiger partial charge in [-0.05, 0) is 30.2 Å². The van der Waals surface area contributed by atoms with E-state index in [-0.39, 0.29) is 0 Å². The summed E-state index contributed by atoms with van der Waals surface area (Å²) in [4.78, 5) is 9.39. The lowest BCUT2D eigenvalue weighted by Crippen LogP contribution is -2.19. The zero-order chi connectivity index (χ0) is 17.1. The van der Waals surface area contributed by atoms with Crippen molar-refractivity contribution in [2.45, 2.75) is 6.92 Å². The van der Waals surface area contributed by atoms with Crippen LogP contribution in [0.5, 0.6) is 0 Å². The summed E-state index contributed by atoms with van der Waals surface area (Å²) in [5.41, 5.74) is 6.50. The van der Waals surface area contributed by atoms with Crippen LogP contribution in [0, 0.1) is 0 Å². The molecule has 2 heterocycles. The third-order valence-corrected chi connectivity index (χ3v) is 4.27. The van der Waals surface area contributed by atoms with Crippen LogP contribution < -0.4 is 5.32 Å². The van der Waals surface area contributed by atoms with Crippen LogP contribution in [-0.2, 0) is 0 Å². The molecule has 122 valence electrons. The van der Waals surface area contributed by atoms with E-state index in [2.05, 4.69) is 58.8 Å². The zero-order valence-electron chi connectivity index (χ0n) is 14.1. The van der Waals surface area contributed by atoms with Crippen LogP contribution in [0.15, 0.2) is 84.0 Å². The van der Waals surface area contributed by atoms with E-state index in [9.17, 15) is 0 Å². The van der Waals surface area contributed by atoms with Gasteiger partial charge in [-0.3, -0.25) is 4.99 Å². The number of nitrogens with one attached hydrogen (secondary N) is 1. The van der Waals surface area contributed by atoms with Crippen LogP contribution in [0.3, 0.4) is 0 Å². The maximum Gasteiger partial charge on any atom is 0.0975 e. The number of aromatic nitrogens is 1. The van der Waals surface area contributed by atoms with Crippen molar-refractivity contribution in [3.8, 4) is 22.4 Å². The second-order valence-corrected chi connectivity index (χ2v) is 6.07. The average molecular weight is 325 g/mol. The van der Waals surface area contributed by atoms with Crippen molar-refractivity contribution in [2.24, 2.45) is 4.99 Å². The fourth-order valence-electron chi connectivity index (χ4n) is 2.89. The lowest BCUT2D eigenvalue weighted by molar-refractivity contribution is 1.09. The molecule has 0 fully saturated rings. The summed E-state index contributed by atoms with van der Waals surface area (Å²) in [7, 11) is 0. The van der Waals surface area contributed by atoms with Crippen molar-refractivity contribution in [3.05, 3.63) is 84.7 Å². The molecular weight excluding hydrogens is 306 g/mol. The smallest absolute Gasteiger partial charge is 0.0975 e. The first-order chi connectivity index (χ1) is 12.3. The maximum absolute atomic E-state index is 4.90. The first-order valence-corrected chi connectivity index (χ1v) is 8.39. The highest BCUT2D eigenvalue weighted by molar-refractivity contribution is 5.86. The van der Waals surface area contributed by atoms with E-state index in [0.29, 0.717) is 6.54 Å². The normalized spacial score (nSPS) is 13.6. The van der Waals surface area contributed by atoms with Crippen LogP contribution in [0.2, 0.25) is 0 Å². The Labute approximate surface area is 147 Å². The van der Waals surface area contributed by atoms with E-state index in [0.717, 1.165) is 33.9 Å². The van der Waals surface area contributed by atoms with E-state index in [1.165, 1.54) is 5.56 Å². The largest absolute Gasteiger partial charge is 0.350 e.